The summed E-state index contributed by atoms with van der Waals surface area (Å²) in [6.07, 6.45) is 1.32. The molecule has 3 N–H and O–H groups in total. The van der Waals surface area contributed by atoms with Crippen LogP contribution in [0.5, 0.6) is 0 Å². The molecule has 1 amide bonds. The lowest BCUT2D eigenvalue weighted by Crippen LogP contribution is -2.44. The number of carbonyl (C=O) groups is 1. The van der Waals surface area contributed by atoms with E-state index in [1.165, 1.54) is 6.20 Å². The van der Waals surface area contributed by atoms with Gasteiger partial charge in [0.25, 0.3) is 5.91 Å². The number of fused-ring (bicyclic) bond motifs is 1. The molecule has 4 heterocycles. The molecule has 1 saturated heterocycles. The molecule has 1 aromatic carbocycles. The maximum atomic E-state index is 12.7. The van der Waals surface area contributed by atoms with Crippen LogP contribution < -0.4 is 10.2 Å². The van der Waals surface area contributed by atoms with Crippen molar-refractivity contribution in [1.29, 1.82) is 0 Å². The third-order valence-corrected chi connectivity index (χ3v) is 5.43. The van der Waals surface area contributed by atoms with E-state index in [0.717, 1.165) is 22.5 Å². The molecule has 1 aliphatic rings. The lowest BCUT2D eigenvalue weighted by molar-refractivity contribution is 0.00336. The number of imidazole rings is 1. The Bertz CT molecular complexity index is 1220. The van der Waals surface area contributed by atoms with E-state index in [4.69, 9.17) is 4.74 Å². The molecule has 5 rings (SSSR count). The second-order valence-electron chi connectivity index (χ2n) is 7.62. The Kier molecular flexibility index (Phi) is 5.29. The standard InChI is InChI=1S/C22H23N7O3/c1-28-18(21-24-16-4-2-3-5-17(16)25-21)10-19(27-28)26-22(31)14-6-7-20(23-11-14)29-8-9-32-15(12-29)13-30/h2-7,10-11,15,30H,8-9,12-13H2,1H3,(H,24,25)(H,26,27,31). The van der Waals surface area contributed by atoms with Gasteiger partial charge in [0.2, 0.25) is 0 Å². The number of morpholine rings is 1. The molecule has 1 fully saturated rings. The van der Waals surface area contributed by atoms with E-state index in [1.54, 1.807) is 29.9 Å². The highest BCUT2D eigenvalue weighted by molar-refractivity contribution is 6.03. The molecular weight excluding hydrogens is 410 g/mol. The fourth-order valence-corrected chi connectivity index (χ4v) is 3.76. The second kappa shape index (κ2) is 8.40. The number of carbonyl (C=O) groups excluding carboxylic acids is 1. The van der Waals surface area contributed by atoms with E-state index in [-0.39, 0.29) is 18.6 Å². The van der Waals surface area contributed by atoms with E-state index in [2.05, 4.69) is 25.4 Å². The quantitative estimate of drug-likeness (QED) is 0.439. The van der Waals surface area contributed by atoms with Crippen LogP contribution in [0.1, 0.15) is 10.4 Å². The van der Waals surface area contributed by atoms with Crippen LogP contribution in [0.25, 0.3) is 22.6 Å². The highest BCUT2D eigenvalue weighted by Gasteiger charge is 2.21. The molecule has 32 heavy (non-hydrogen) atoms. The zero-order chi connectivity index (χ0) is 22.1. The molecule has 4 aromatic rings. The summed E-state index contributed by atoms with van der Waals surface area (Å²) in [6.45, 7) is 1.75. The largest absolute Gasteiger partial charge is 0.394 e. The van der Waals surface area contributed by atoms with E-state index in [0.29, 0.717) is 36.9 Å². The summed E-state index contributed by atoms with van der Waals surface area (Å²) in [5.74, 6) is 1.55. The van der Waals surface area contributed by atoms with Crippen molar-refractivity contribution in [3.8, 4) is 11.5 Å². The first-order valence-corrected chi connectivity index (χ1v) is 10.3. The van der Waals surface area contributed by atoms with Crippen LogP contribution in [0, 0.1) is 0 Å². The number of nitrogens with one attached hydrogen (secondary N) is 2. The maximum Gasteiger partial charge on any atom is 0.258 e. The summed E-state index contributed by atoms with van der Waals surface area (Å²) in [4.78, 5) is 27.0. The number of aliphatic hydroxyl groups is 1. The van der Waals surface area contributed by atoms with Crippen LogP contribution >= 0.6 is 0 Å². The molecule has 1 aliphatic heterocycles. The Balaban J connectivity index is 1.29. The second-order valence-corrected chi connectivity index (χ2v) is 7.62. The number of aliphatic hydroxyl groups excluding tert-OH is 1. The number of benzene rings is 1. The summed E-state index contributed by atoms with van der Waals surface area (Å²) in [6, 6.07) is 13.1. The number of nitrogens with zero attached hydrogens (tertiary/aromatic N) is 5. The van der Waals surface area contributed by atoms with E-state index in [1.807, 2.05) is 29.2 Å². The van der Waals surface area contributed by atoms with Crippen molar-refractivity contribution in [2.24, 2.45) is 7.05 Å². The Hall–Kier alpha value is -3.76. The normalized spacial score (nSPS) is 16.4. The molecular formula is C22H23N7O3. The van der Waals surface area contributed by atoms with Crippen molar-refractivity contribution in [1.82, 2.24) is 24.7 Å². The van der Waals surface area contributed by atoms with Gasteiger partial charge in [0.05, 0.1) is 35.9 Å². The highest BCUT2D eigenvalue weighted by atomic mass is 16.5. The van der Waals surface area contributed by atoms with Crippen LogP contribution in [0.2, 0.25) is 0 Å². The third kappa shape index (κ3) is 3.93. The van der Waals surface area contributed by atoms with Crippen LogP contribution in [-0.2, 0) is 11.8 Å². The molecule has 1 atom stereocenters. The number of ether oxygens (including phenoxy) is 1. The fourth-order valence-electron chi connectivity index (χ4n) is 3.76. The summed E-state index contributed by atoms with van der Waals surface area (Å²) >= 11 is 0. The summed E-state index contributed by atoms with van der Waals surface area (Å²) in [5, 5.41) is 16.5. The summed E-state index contributed by atoms with van der Waals surface area (Å²) in [7, 11) is 1.80. The Morgan fingerprint density at radius 3 is 2.97 bits per heavy atom. The molecule has 10 heteroatoms. The Labute approximate surface area is 183 Å². The van der Waals surface area contributed by atoms with Gasteiger partial charge in [-0.05, 0) is 24.3 Å². The number of hydrogen-bond donors (Lipinski definition) is 3. The molecule has 0 bridgehead atoms. The predicted octanol–water partition coefficient (Wildman–Crippen LogP) is 1.81. The Morgan fingerprint density at radius 1 is 1.31 bits per heavy atom. The molecule has 0 aliphatic carbocycles. The Morgan fingerprint density at radius 2 is 2.19 bits per heavy atom. The minimum atomic E-state index is -0.298. The van der Waals surface area contributed by atoms with Crippen LogP contribution in [-0.4, -0.2) is 68.2 Å². The first-order chi connectivity index (χ1) is 15.6. The number of anilines is 2. The molecule has 0 radical (unpaired) electrons. The number of H-pyrrole nitrogens is 1. The van der Waals surface area contributed by atoms with Gasteiger partial charge in [-0.2, -0.15) is 5.10 Å². The van der Waals surface area contributed by atoms with Crippen molar-refractivity contribution in [2.45, 2.75) is 6.10 Å². The first kappa shape index (κ1) is 20.2. The smallest absolute Gasteiger partial charge is 0.258 e. The van der Waals surface area contributed by atoms with Crippen molar-refractivity contribution >= 4 is 28.6 Å². The fraction of sp³-hybridized carbons (Fsp3) is 0.273. The predicted molar refractivity (Wildman–Crippen MR) is 120 cm³/mol. The van der Waals surface area contributed by atoms with Gasteiger partial charge in [-0.1, -0.05) is 12.1 Å². The first-order valence-electron chi connectivity index (χ1n) is 10.3. The monoisotopic (exact) mass is 433 g/mol. The molecule has 3 aromatic heterocycles. The van der Waals surface area contributed by atoms with Crippen LogP contribution in [0.3, 0.4) is 0 Å². The number of pyridine rings is 1. The minimum absolute atomic E-state index is 0.0307. The third-order valence-electron chi connectivity index (χ3n) is 5.43. The number of hydrogen-bond acceptors (Lipinski definition) is 7. The molecule has 0 saturated carbocycles. The number of aryl methyl sites for hydroxylation is 1. The lowest BCUT2D eigenvalue weighted by atomic mass is 10.2. The van der Waals surface area contributed by atoms with Crippen LogP contribution in [0.4, 0.5) is 11.6 Å². The molecule has 1 unspecified atom stereocenters. The van der Waals surface area contributed by atoms with Crippen molar-refractivity contribution in [2.75, 3.05) is 36.5 Å². The molecule has 0 spiro atoms. The maximum absolute atomic E-state index is 12.7. The molecule has 10 nitrogen and oxygen atoms in total. The minimum Gasteiger partial charge on any atom is -0.394 e. The number of para-hydroxylation sites is 2. The van der Waals surface area contributed by atoms with Gasteiger partial charge < -0.3 is 25.0 Å². The van der Waals surface area contributed by atoms with Crippen LogP contribution in [0.15, 0.2) is 48.7 Å². The highest BCUT2D eigenvalue weighted by Crippen LogP contribution is 2.23. The number of aromatic nitrogens is 5. The average Bonchev–Trinajstić information content (AvgIpc) is 3.42. The molecule has 164 valence electrons. The summed E-state index contributed by atoms with van der Waals surface area (Å²) < 4.78 is 7.14. The summed E-state index contributed by atoms with van der Waals surface area (Å²) in [5.41, 5.74) is 2.99. The SMILES string of the molecule is Cn1nc(NC(=O)c2ccc(N3CCOC(CO)C3)nc2)cc1-c1nc2ccccc2[nH]1. The van der Waals surface area contributed by atoms with Gasteiger partial charge in [0.15, 0.2) is 11.6 Å². The number of amides is 1. The van der Waals surface area contributed by atoms with Crippen molar-refractivity contribution < 1.29 is 14.6 Å². The van der Waals surface area contributed by atoms with Crippen molar-refractivity contribution in [3.05, 3.63) is 54.2 Å². The van der Waals surface area contributed by atoms with Gasteiger partial charge in [-0.15, -0.1) is 0 Å². The lowest BCUT2D eigenvalue weighted by Gasteiger charge is -2.32. The van der Waals surface area contributed by atoms with E-state index in [9.17, 15) is 9.90 Å². The van der Waals surface area contributed by atoms with E-state index < -0.39 is 0 Å². The topological polar surface area (TPSA) is 121 Å². The van der Waals surface area contributed by atoms with Gasteiger partial charge in [0, 0.05) is 32.4 Å². The number of rotatable bonds is 5. The average molecular weight is 433 g/mol. The van der Waals surface area contributed by atoms with Gasteiger partial charge in [-0.25, -0.2) is 9.97 Å². The van der Waals surface area contributed by atoms with Gasteiger partial charge in [0.1, 0.15) is 11.5 Å². The van der Waals surface area contributed by atoms with E-state index >= 15 is 0 Å². The zero-order valence-corrected chi connectivity index (χ0v) is 17.5. The zero-order valence-electron chi connectivity index (χ0n) is 17.5. The van der Waals surface area contributed by atoms with Crippen molar-refractivity contribution in [3.63, 3.8) is 0 Å². The number of aromatic amines is 1. The van der Waals surface area contributed by atoms with Gasteiger partial charge >= 0.3 is 0 Å². The van der Waals surface area contributed by atoms with Gasteiger partial charge in [-0.3, -0.25) is 9.48 Å².